The Bertz CT molecular complexity index is 375. The second-order valence-electron chi connectivity index (χ2n) is 6.82. The number of alkyl halides is 1. The molecule has 4 atom stereocenters. The first-order valence-electron chi connectivity index (χ1n) is 7.37. The van der Waals surface area contributed by atoms with Gasteiger partial charge in [-0.25, -0.2) is 0 Å². The van der Waals surface area contributed by atoms with Gasteiger partial charge in [0.25, 0.3) is 0 Å². The van der Waals surface area contributed by atoms with Gasteiger partial charge >= 0.3 is 0 Å². The highest BCUT2D eigenvalue weighted by molar-refractivity contribution is 14.1. The molecule has 1 heteroatoms. The minimum Gasteiger partial charge on any atom is -0.0847 e. The molecule has 0 bridgehead atoms. The van der Waals surface area contributed by atoms with Crippen molar-refractivity contribution in [2.24, 2.45) is 23.2 Å². The highest BCUT2D eigenvalue weighted by Gasteiger charge is 2.51. The maximum atomic E-state index is 2.67. The molecule has 0 nitrogen and oxygen atoms in total. The van der Waals surface area contributed by atoms with Gasteiger partial charge in [-0.2, -0.15) is 0 Å². The summed E-state index contributed by atoms with van der Waals surface area (Å²) in [5.74, 6) is 2.62. The molecule has 2 rings (SSSR count). The summed E-state index contributed by atoms with van der Waals surface area (Å²) in [5, 5.41) is 0. The van der Waals surface area contributed by atoms with E-state index in [1.54, 1.807) is 5.57 Å². The molecule has 2 aliphatic rings. The van der Waals surface area contributed by atoms with Crippen molar-refractivity contribution in [1.29, 1.82) is 0 Å². The third-order valence-electron chi connectivity index (χ3n) is 5.48. The fourth-order valence-corrected chi connectivity index (χ4v) is 5.16. The Hall–Kier alpha value is 0.210. The molecule has 4 unspecified atom stereocenters. The van der Waals surface area contributed by atoms with Crippen molar-refractivity contribution in [2.75, 3.05) is 0 Å². The van der Waals surface area contributed by atoms with E-state index in [-0.39, 0.29) is 0 Å². The van der Waals surface area contributed by atoms with Gasteiger partial charge in [-0.3, -0.25) is 0 Å². The maximum absolute atomic E-state index is 2.67. The normalized spacial score (nSPS) is 42.1. The molecular weight excluding hydrogens is 331 g/mol. The molecule has 102 valence electrons. The van der Waals surface area contributed by atoms with Crippen molar-refractivity contribution < 1.29 is 0 Å². The number of rotatable bonds is 1. The van der Waals surface area contributed by atoms with E-state index in [2.05, 4.69) is 69.4 Å². The van der Waals surface area contributed by atoms with Crippen LogP contribution in [0, 0.1) is 23.2 Å². The van der Waals surface area contributed by atoms with Crippen LogP contribution in [0.25, 0.3) is 0 Å². The van der Waals surface area contributed by atoms with Crippen molar-refractivity contribution in [1.82, 2.24) is 0 Å². The van der Waals surface area contributed by atoms with Crippen molar-refractivity contribution in [3.63, 3.8) is 0 Å². The van der Waals surface area contributed by atoms with Crippen molar-refractivity contribution in [2.45, 2.75) is 57.8 Å². The maximum Gasteiger partial charge on any atom is 0.0113 e. The average molecular weight is 358 g/mol. The Kier molecular flexibility index (Phi) is 4.30. The summed E-state index contributed by atoms with van der Waals surface area (Å²) >= 11 is 2.67. The summed E-state index contributed by atoms with van der Waals surface area (Å²) in [6.45, 7) is 11.8. The van der Waals surface area contributed by atoms with Crippen LogP contribution in [0.3, 0.4) is 0 Å². The van der Waals surface area contributed by atoms with Gasteiger partial charge < -0.3 is 0 Å². The van der Waals surface area contributed by atoms with Crippen molar-refractivity contribution >= 4 is 22.6 Å². The molecule has 0 aromatic heterocycles. The molecule has 0 saturated heterocycles. The molecule has 18 heavy (non-hydrogen) atoms. The van der Waals surface area contributed by atoms with Crippen LogP contribution < -0.4 is 0 Å². The smallest absolute Gasteiger partial charge is 0.0113 e. The van der Waals surface area contributed by atoms with Gasteiger partial charge in [0, 0.05) is 3.92 Å². The van der Waals surface area contributed by atoms with Gasteiger partial charge in [-0.15, -0.1) is 0 Å². The number of hydrogen-bond acceptors (Lipinski definition) is 0. The highest BCUT2D eigenvalue weighted by atomic mass is 127. The standard InChI is InChI=1S/C17H27I/c1-6-11(2)9-15-12(3)14-8-7-13(18)10-16(14)17(15,4)5/h6,9,12-14,16H,7-8,10H2,1-5H3/b11-6-,15-9+. The van der Waals surface area contributed by atoms with E-state index in [9.17, 15) is 0 Å². The van der Waals surface area contributed by atoms with Gasteiger partial charge in [-0.1, -0.05) is 66.7 Å². The predicted octanol–water partition coefficient (Wildman–Crippen LogP) is 5.77. The van der Waals surface area contributed by atoms with Gasteiger partial charge in [0.2, 0.25) is 0 Å². The van der Waals surface area contributed by atoms with Crippen LogP contribution in [0.1, 0.15) is 53.9 Å². The van der Waals surface area contributed by atoms with Crippen LogP contribution in [0.15, 0.2) is 23.3 Å². The summed E-state index contributed by atoms with van der Waals surface area (Å²) in [6.07, 6.45) is 9.01. The topological polar surface area (TPSA) is 0 Å². The quantitative estimate of drug-likeness (QED) is 0.412. The van der Waals surface area contributed by atoms with E-state index in [1.165, 1.54) is 24.8 Å². The van der Waals surface area contributed by atoms with E-state index in [1.807, 2.05) is 0 Å². The third-order valence-corrected chi connectivity index (χ3v) is 6.61. The summed E-state index contributed by atoms with van der Waals surface area (Å²) in [4.78, 5) is 0. The lowest BCUT2D eigenvalue weighted by Crippen LogP contribution is -2.30. The fourth-order valence-electron chi connectivity index (χ4n) is 4.25. The number of hydrogen-bond donors (Lipinski definition) is 0. The first-order valence-corrected chi connectivity index (χ1v) is 8.61. The number of allylic oxidation sites excluding steroid dienone is 4. The Morgan fingerprint density at radius 1 is 1.33 bits per heavy atom. The minimum absolute atomic E-state index is 0.401. The predicted molar refractivity (Wildman–Crippen MR) is 89.1 cm³/mol. The Morgan fingerprint density at radius 2 is 2.00 bits per heavy atom. The van der Waals surface area contributed by atoms with Crippen molar-refractivity contribution in [3.8, 4) is 0 Å². The summed E-state index contributed by atoms with van der Waals surface area (Å²) in [6, 6.07) is 0. The summed E-state index contributed by atoms with van der Waals surface area (Å²) < 4.78 is 0.900. The zero-order valence-corrected chi connectivity index (χ0v) is 14.6. The van der Waals surface area contributed by atoms with Crippen LogP contribution in [-0.4, -0.2) is 3.92 Å². The first-order chi connectivity index (χ1) is 8.37. The van der Waals surface area contributed by atoms with E-state index in [0.29, 0.717) is 5.41 Å². The Morgan fingerprint density at radius 3 is 2.61 bits per heavy atom. The number of halogens is 1. The van der Waals surface area contributed by atoms with Crippen LogP contribution in [0.5, 0.6) is 0 Å². The SMILES string of the molecule is C/C=C(C)\C=C1/C(C)C2CCC(I)CC2C1(C)C. The highest BCUT2D eigenvalue weighted by Crippen LogP contribution is 2.59. The van der Waals surface area contributed by atoms with Crippen LogP contribution >= 0.6 is 22.6 Å². The van der Waals surface area contributed by atoms with Gasteiger partial charge in [0.1, 0.15) is 0 Å². The molecule has 0 heterocycles. The Balaban J connectivity index is 2.36. The first kappa shape index (κ1) is 14.6. The molecule has 0 aromatic carbocycles. The van der Waals surface area contributed by atoms with E-state index in [4.69, 9.17) is 0 Å². The average Bonchev–Trinajstić information content (AvgIpc) is 2.50. The molecule has 0 amide bonds. The minimum atomic E-state index is 0.401. The largest absolute Gasteiger partial charge is 0.0847 e. The van der Waals surface area contributed by atoms with Crippen LogP contribution in [-0.2, 0) is 0 Å². The lowest BCUT2D eigenvalue weighted by Gasteiger charge is -2.37. The van der Waals surface area contributed by atoms with Gasteiger partial charge in [0.15, 0.2) is 0 Å². The summed E-state index contributed by atoms with van der Waals surface area (Å²) in [5.41, 5.74) is 3.53. The monoisotopic (exact) mass is 358 g/mol. The summed E-state index contributed by atoms with van der Waals surface area (Å²) in [7, 11) is 0. The molecule has 2 saturated carbocycles. The second kappa shape index (κ2) is 5.30. The molecule has 2 fully saturated rings. The zero-order valence-electron chi connectivity index (χ0n) is 12.5. The molecule has 0 radical (unpaired) electrons. The van der Waals surface area contributed by atoms with Crippen LogP contribution in [0.2, 0.25) is 0 Å². The van der Waals surface area contributed by atoms with E-state index < -0.39 is 0 Å². The lowest BCUT2D eigenvalue weighted by atomic mass is 9.70. The lowest BCUT2D eigenvalue weighted by molar-refractivity contribution is 0.172. The van der Waals surface area contributed by atoms with Gasteiger partial charge in [0.05, 0.1) is 0 Å². The second-order valence-corrected chi connectivity index (χ2v) is 8.59. The Labute approximate surface area is 126 Å². The molecule has 0 aromatic rings. The third kappa shape index (κ3) is 2.44. The van der Waals surface area contributed by atoms with Gasteiger partial charge in [-0.05, 0) is 56.3 Å². The van der Waals surface area contributed by atoms with E-state index >= 15 is 0 Å². The molecule has 0 spiro atoms. The molecular formula is C17H27I. The molecule has 0 aliphatic heterocycles. The zero-order chi connectivity index (χ0) is 13.5. The number of fused-ring (bicyclic) bond motifs is 1. The molecule has 2 aliphatic carbocycles. The van der Waals surface area contributed by atoms with E-state index in [0.717, 1.165) is 21.7 Å². The fraction of sp³-hybridized carbons (Fsp3) is 0.765. The van der Waals surface area contributed by atoms with Crippen molar-refractivity contribution in [3.05, 3.63) is 23.3 Å². The molecule has 0 N–H and O–H groups in total. The van der Waals surface area contributed by atoms with Crippen LogP contribution in [0.4, 0.5) is 0 Å².